The lowest BCUT2D eigenvalue weighted by molar-refractivity contribution is -0.115. The number of ether oxygens (including phenoxy) is 1. The fourth-order valence-electron chi connectivity index (χ4n) is 3.67. The van der Waals surface area contributed by atoms with Crippen LogP contribution < -0.4 is 10.1 Å². The van der Waals surface area contributed by atoms with Gasteiger partial charge in [-0.05, 0) is 56.2 Å². The number of thioether (sulfide) groups is 1. The summed E-state index contributed by atoms with van der Waals surface area (Å²) in [5.74, 6) is 1.48. The summed E-state index contributed by atoms with van der Waals surface area (Å²) in [6.07, 6.45) is 0.534. The predicted octanol–water partition coefficient (Wildman–Crippen LogP) is 6.41. The molecule has 0 saturated heterocycles. The van der Waals surface area contributed by atoms with Crippen LogP contribution in [0.15, 0.2) is 70.2 Å². The highest BCUT2D eigenvalue weighted by Crippen LogP contribution is 2.37. The second-order valence-electron chi connectivity index (χ2n) is 8.27. The van der Waals surface area contributed by atoms with Crippen molar-refractivity contribution in [3.63, 3.8) is 0 Å². The summed E-state index contributed by atoms with van der Waals surface area (Å²) < 4.78 is 10.3. The zero-order valence-electron chi connectivity index (χ0n) is 20.5. The molecule has 0 bridgehead atoms. The van der Waals surface area contributed by atoms with E-state index in [0.717, 1.165) is 28.0 Å². The Kier molecular flexibility index (Phi) is 7.71. The van der Waals surface area contributed by atoms with E-state index in [0.29, 0.717) is 34.3 Å². The summed E-state index contributed by atoms with van der Waals surface area (Å²) >= 11 is 1.27. The van der Waals surface area contributed by atoms with Crippen molar-refractivity contribution in [2.45, 2.75) is 37.5 Å². The summed E-state index contributed by atoms with van der Waals surface area (Å²) in [4.78, 5) is 17.9. The first-order chi connectivity index (χ1) is 17.4. The number of benzene rings is 2. The summed E-state index contributed by atoms with van der Waals surface area (Å²) in [5, 5.41) is 16.8. The van der Waals surface area contributed by atoms with Crippen LogP contribution in [0, 0.1) is 25.2 Å². The molecule has 1 unspecified atom stereocenters. The number of aromatic nitrogens is 2. The highest BCUT2D eigenvalue weighted by molar-refractivity contribution is 8.00. The van der Waals surface area contributed by atoms with Gasteiger partial charge in [0.25, 0.3) is 0 Å². The molecular weight excluding hydrogens is 472 g/mol. The molecule has 0 aliphatic heterocycles. The van der Waals surface area contributed by atoms with E-state index < -0.39 is 5.25 Å². The average molecular weight is 499 g/mol. The molecule has 0 spiro atoms. The van der Waals surface area contributed by atoms with E-state index in [1.54, 1.807) is 20.1 Å². The third-order valence-corrected chi connectivity index (χ3v) is 6.99. The van der Waals surface area contributed by atoms with Crippen LogP contribution in [0.1, 0.15) is 30.2 Å². The predicted molar refractivity (Wildman–Crippen MR) is 141 cm³/mol. The summed E-state index contributed by atoms with van der Waals surface area (Å²) in [6, 6.07) is 21.5. The Balaban J connectivity index is 1.77. The van der Waals surface area contributed by atoms with Crippen molar-refractivity contribution >= 4 is 23.5 Å². The van der Waals surface area contributed by atoms with Crippen molar-refractivity contribution in [2.75, 3.05) is 12.4 Å². The lowest BCUT2D eigenvalue weighted by Crippen LogP contribution is -2.25. The number of nitrogens with one attached hydrogen (secondary N) is 1. The SMILES string of the molecule is CCC(Sc1nc(-c2ccc(OC)cc2)cc(-c2ccc(C)cc2)c1C#N)C(=O)Nc1cc(C)on1. The number of hydrogen-bond donors (Lipinski definition) is 1. The minimum atomic E-state index is -0.487. The first kappa shape index (κ1) is 25.0. The van der Waals surface area contributed by atoms with Gasteiger partial charge in [-0.1, -0.05) is 53.7 Å². The molecule has 2 aromatic heterocycles. The number of hydrogen-bond acceptors (Lipinski definition) is 7. The first-order valence-corrected chi connectivity index (χ1v) is 12.4. The third kappa shape index (κ3) is 5.58. The molecule has 182 valence electrons. The van der Waals surface area contributed by atoms with Gasteiger partial charge in [-0.2, -0.15) is 5.26 Å². The van der Waals surface area contributed by atoms with Crippen molar-refractivity contribution in [1.82, 2.24) is 10.1 Å². The van der Waals surface area contributed by atoms with Gasteiger partial charge < -0.3 is 14.6 Å². The second-order valence-corrected chi connectivity index (χ2v) is 9.46. The average Bonchev–Trinajstić information content (AvgIpc) is 3.31. The molecule has 4 rings (SSSR count). The zero-order chi connectivity index (χ0) is 25.7. The largest absolute Gasteiger partial charge is 0.497 e. The Hall–Kier alpha value is -4.09. The van der Waals surface area contributed by atoms with E-state index in [1.165, 1.54) is 11.8 Å². The molecule has 1 amide bonds. The van der Waals surface area contributed by atoms with E-state index >= 15 is 0 Å². The van der Waals surface area contributed by atoms with Gasteiger partial charge in [0.1, 0.15) is 22.6 Å². The molecule has 4 aromatic rings. The Morgan fingerprint density at radius 1 is 1.11 bits per heavy atom. The molecule has 1 N–H and O–H groups in total. The minimum absolute atomic E-state index is 0.228. The Morgan fingerprint density at radius 3 is 2.39 bits per heavy atom. The van der Waals surface area contributed by atoms with Crippen LogP contribution in [0.5, 0.6) is 5.75 Å². The van der Waals surface area contributed by atoms with Crippen molar-refractivity contribution < 1.29 is 14.1 Å². The smallest absolute Gasteiger partial charge is 0.239 e. The quantitative estimate of drug-likeness (QED) is 0.280. The number of amides is 1. The highest BCUT2D eigenvalue weighted by Gasteiger charge is 2.24. The van der Waals surface area contributed by atoms with Gasteiger partial charge in [-0.25, -0.2) is 4.98 Å². The first-order valence-electron chi connectivity index (χ1n) is 11.5. The van der Waals surface area contributed by atoms with Crippen LogP contribution in [-0.2, 0) is 4.79 Å². The molecule has 8 heteroatoms. The molecule has 1 atom stereocenters. The van der Waals surface area contributed by atoms with Gasteiger partial charge in [0, 0.05) is 17.2 Å². The highest BCUT2D eigenvalue weighted by atomic mass is 32.2. The van der Waals surface area contributed by atoms with Gasteiger partial charge >= 0.3 is 0 Å². The van der Waals surface area contributed by atoms with Crippen LogP contribution in [0.25, 0.3) is 22.4 Å². The molecular formula is C28H26N4O3S. The van der Waals surface area contributed by atoms with E-state index in [-0.39, 0.29) is 5.91 Å². The molecule has 7 nitrogen and oxygen atoms in total. The number of anilines is 1. The Labute approximate surface area is 214 Å². The lowest BCUT2D eigenvalue weighted by Gasteiger charge is -2.17. The van der Waals surface area contributed by atoms with E-state index in [2.05, 4.69) is 16.5 Å². The maximum absolute atomic E-state index is 13.0. The zero-order valence-corrected chi connectivity index (χ0v) is 21.3. The number of rotatable bonds is 8. The summed E-state index contributed by atoms with van der Waals surface area (Å²) in [6.45, 7) is 5.70. The van der Waals surface area contributed by atoms with Gasteiger partial charge in [-0.15, -0.1) is 0 Å². The number of carbonyl (C=O) groups is 1. The summed E-state index contributed by atoms with van der Waals surface area (Å²) in [5.41, 5.74) is 4.82. The molecule has 0 fully saturated rings. The number of aryl methyl sites for hydroxylation is 2. The number of carbonyl (C=O) groups excluding carboxylic acids is 1. The van der Waals surface area contributed by atoms with E-state index in [1.807, 2.05) is 68.4 Å². The molecule has 2 heterocycles. The second kappa shape index (κ2) is 11.1. The fourth-order valence-corrected chi connectivity index (χ4v) is 4.70. The van der Waals surface area contributed by atoms with Crippen LogP contribution in [0.4, 0.5) is 5.82 Å². The molecule has 0 radical (unpaired) electrons. The van der Waals surface area contributed by atoms with Gasteiger partial charge in [0.05, 0.1) is 23.6 Å². The molecule has 2 aromatic carbocycles. The van der Waals surface area contributed by atoms with Crippen molar-refractivity contribution in [2.24, 2.45) is 0 Å². The topological polar surface area (TPSA) is 101 Å². The van der Waals surface area contributed by atoms with Gasteiger partial charge in [-0.3, -0.25) is 4.79 Å². The number of methoxy groups -OCH3 is 1. The minimum Gasteiger partial charge on any atom is -0.497 e. The van der Waals surface area contributed by atoms with Crippen molar-refractivity contribution in [3.05, 3.63) is 77.6 Å². The van der Waals surface area contributed by atoms with Crippen LogP contribution >= 0.6 is 11.8 Å². The van der Waals surface area contributed by atoms with Gasteiger partial charge in [0.15, 0.2) is 5.82 Å². The van der Waals surface area contributed by atoms with E-state index in [9.17, 15) is 10.1 Å². The number of pyridine rings is 1. The van der Waals surface area contributed by atoms with Crippen molar-refractivity contribution in [3.8, 4) is 34.2 Å². The summed E-state index contributed by atoms with van der Waals surface area (Å²) in [7, 11) is 1.62. The molecule has 0 aliphatic carbocycles. The fraction of sp³-hybridized carbons (Fsp3) is 0.214. The Bertz CT molecular complexity index is 1410. The number of nitriles is 1. The maximum Gasteiger partial charge on any atom is 0.239 e. The molecule has 0 aliphatic rings. The van der Waals surface area contributed by atoms with Crippen LogP contribution in [-0.4, -0.2) is 28.4 Å². The third-order valence-electron chi connectivity index (χ3n) is 5.64. The standard InChI is InChI=1S/C28H26N4O3S/c1-5-25(27(33)31-26-14-18(3)35-32-26)36-28-23(16-29)22(19-8-6-17(2)7-9-19)15-24(30-28)20-10-12-21(34-4)13-11-20/h6-15,25H,5H2,1-4H3,(H,31,32,33). The lowest BCUT2D eigenvalue weighted by atomic mass is 9.98. The van der Waals surface area contributed by atoms with Crippen LogP contribution in [0.3, 0.4) is 0 Å². The monoisotopic (exact) mass is 498 g/mol. The van der Waals surface area contributed by atoms with Gasteiger partial charge in [0.2, 0.25) is 5.91 Å². The van der Waals surface area contributed by atoms with Crippen molar-refractivity contribution in [1.29, 1.82) is 5.26 Å². The Morgan fingerprint density at radius 2 is 1.81 bits per heavy atom. The molecule has 36 heavy (non-hydrogen) atoms. The number of nitrogens with zero attached hydrogens (tertiary/aromatic N) is 3. The molecule has 0 saturated carbocycles. The van der Waals surface area contributed by atoms with Crippen LogP contribution in [0.2, 0.25) is 0 Å². The normalized spacial score (nSPS) is 11.5. The van der Waals surface area contributed by atoms with E-state index in [4.69, 9.17) is 14.2 Å². The maximum atomic E-state index is 13.0.